The van der Waals surface area contributed by atoms with Gasteiger partial charge in [0.25, 0.3) is 5.91 Å². The van der Waals surface area contributed by atoms with E-state index >= 15 is 0 Å². The summed E-state index contributed by atoms with van der Waals surface area (Å²) in [6, 6.07) is 4.86. The number of amides is 3. The second kappa shape index (κ2) is 9.08. The Bertz CT molecular complexity index is 1200. The van der Waals surface area contributed by atoms with E-state index in [4.69, 9.17) is 4.98 Å². The summed E-state index contributed by atoms with van der Waals surface area (Å²) < 4.78 is 1.88. The first-order valence-corrected chi connectivity index (χ1v) is 12.8. The summed E-state index contributed by atoms with van der Waals surface area (Å²) in [6.45, 7) is 6.63. The maximum atomic E-state index is 13.1. The molecule has 5 rings (SSSR count). The number of aliphatic hydroxyl groups is 1. The van der Waals surface area contributed by atoms with Crippen molar-refractivity contribution in [2.45, 2.75) is 70.7 Å². The molecule has 3 amide bonds. The number of carbonyl (C=O) groups excluding carboxylic acids is 3. The van der Waals surface area contributed by atoms with Gasteiger partial charge < -0.3 is 10.0 Å². The van der Waals surface area contributed by atoms with Crippen LogP contribution in [-0.2, 0) is 35.3 Å². The Balaban J connectivity index is 1.41. The summed E-state index contributed by atoms with van der Waals surface area (Å²) in [6.07, 6.45) is 4.41. The van der Waals surface area contributed by atoms with Crippen LogP contribution in [0.15, 0.2) is 24.4 Å². The standard InChI is InChI=1S/C26H34N6O4/c1-4-25(5-2)16-31(14-17-10-12-27-30(17)3)13-11-26(25,36)21-8-6-18-19(28-21)15-32(24(18)35)20-7-9-22(33)29-23(20)34/h6,8,10,12,20,36H,4-5,7,9,11,13-16H2,1-3H3,(H,29,33,34). The number of nitrogens with one attached hydrogen (secondary N) is 1. The largest absolute Gasteiger partial charge is 0.383 e. The molecular weight excluding hydrogens is 460 g/mol. The molecule has 5 heterocycles. The summed E-state index contributed by atoms with van der Waals surface area (Å²) in [5, 5.41) is 18.8. The highest BCUT2D eigenvalue weighted by molar-refractivity contribution is 6.05. The molecular formula is C26H34N6O4. The third kappa shape index (κ3) is 3.83. The lowest BCUT2D eigenvalue weighted by Crippen LogP contribution is -2.58. The van der Waals surface area contributed by atoms with Gasteiger partial charge in [0, 0.05) is 44.7 Å². The van der Waals surface area contributed by atoms with Gasteiger partial charge >= 0.3 is 0 Å². The SMILES string of the molecule is CCC1(CC)CN(Cc2ccnn2C)CCC1(O)c1ccc2c(n1)CN(C1CCC(=O)NC1=O)C2=O. The van der Waals surface area contributed by atoms with Crippen LogP contribution in [0.3, 0.4) is 0 Å². The Morgan fingerprint density at radius 1 is 1.17 bits per heavy atom. The van der Waals surface area contributed by atoms with Gasteiger partial charge in [0.1, 0.15) is 11.6 Å². The number of hydrogen-bond acceptors (Lipinski definition) is 7. The first-order chi connectivity index (χ1) is 17.2. The van der Waals surface area contributed by atoms with Crippen molar-refractivity contribution in [1.82, 2.24) is 29.9 Å². The fraction of sp³-hybridized carbons (Fsp3) is 0.577. The van der Waals surface area contributed by atoms with Crippen molar-refractivity contribution >= 4 is 17.7 Å². The van der Waals surface area contributed by atoms with Crippen LogP contribution < -0.4 is 5.32 Å². The number of aryl methyl sites for hydroxylation is 1. The highest BCUT2D eigenvalue weighted by Crippen LogP contribution is 2.50. The molecule has 0 aromatic carbocycles. The second-order valence-electron chi connectivity index (χ2n) is 10.3. The van der Waals surface area contributed by atoms with Gasteiger partial charge in [-0.2, -0.15) is 5.10 Å². The summed E-state index contributed by atoms with van der Waals surface area (Å²) in [7, 11) is 1.94. The van der Waals surface area contributed by atoms with Gasteiger partial charge in [-0.25, -0.2) is 0 Å². The smallest absolute Gasteiger partial charge is 0.256 e. The average Bonchev–Trinajstić information content (AvgIpc) is 3.42. The zero-order valence-corrected chi connectivity index (χ0v) is 21.2. The lowest BCUT2D eigenvalue weighted by molar-refractivity contribution is -0.151. The third-order valence-corrected chi connectivity index (χ3v) is 8.65. The number of imide groups is 1. The van der Waals surface area contributed by atoms with Gasteiger partial charge in [0.15, 0.2) is 0 Å². The third-order valence-electron chi connectivity index (χ3n) is 8.65. The fourth-order valence-corrected chi connectivity index (χ4v) is 6.27. The molecule has 0 saturated carbocycles. The monoisotopic (exact) mass is 494 g/mol. The van der Waals surface area contributed by atoms with E-state index < -0.39 is 23.0 Å². The van der Waals surface area contributed by atoms with E-state index in [1.165, 1.54) is 4.90 Å². The number of hydrogen-bond donors (Lipinski definition) is 2. The van der Waals surface area contributed by atoms with Crippen molar-refractivity contribution in [1.29, 1.82) is 0 Å². The number of fused-ring (bicyclic) bond motifs is 1. The Kier molecular flexibility index (Phi) is 6.20. The summed E-state index contributed by atoms with van der Waals surface area (Å²) >= 11 is 0. The van der Waals surface area contributed by atoms with Crippen LogP contribution in [-0.4, -0.2) is 66.5 Å². The molecule has 2 saturated heterocycles. The highest BCUT2D eigenvalue weighted by atomic mass is 16.3. The predicted molar refractivity (Wildman–Crippen MR) is 130 cm³/mol. The van der Waals surface area contributed by atoms with Gasteiger partial charge in [-0.15, -0.1) is 0 Å². The number of nitrogens with zero attached hydrogens (tertiary/aromatic N) is 5. The molecule has 192 valence electrons. The van der Waals surface area contributed by atoms with Gasteiger partial charge in [-0.05, 0) is 43.9 Å². The molecule has 2 fully saturated rings. The van der Waals surface area contributed by atoms with Gasteiger partial charge in [-0.3, -0.25) is 34.3 Å². The molecule has 2 aromatic rings. The number of carbonyl (C=O) groups is 3. The summed E-state index contributed by atoms with van der Waals surface area (Å²) in [5.41, 5.74) is 1.21. The number of likely N-dealkylation sites (tertiary alicyclic amines) is 1. The van der Waals surface area contributed by atoms with Crippen molar-refractivity contribution in [3.8, 4) is 0 Å². The van der Waals surface area contributed by atoms with E-state index in [1.54, 1.807) is 18.3 Å². The molecule has 0 radical (unpaired) electrons. The summed E-state index contributed by atoms with van der Waals surface area (Å²) in [5.74, 6) is -1.01. The molecule has 3 aliphatic heterocycles. The van der Waals surface area contributed by atoms with E-state index in [9.17, 15) is 19.5 Å². The van der Waals surface area contributed by atoms with Crippen LogP contribution in [0.1, 0.15) is 73.4 Å². The topological polar surface area (TPSA) is 121 Å². The predicted octanol–water partition coefficient (Wildman–Crippen LogP) is 1.48. The van der Waals surface area contributed by atoms with Crippen molar-refractivity contribution in [2.75, 3.05) is 13.1 Å². The van der Waals surface area contributed by atoms with Crippen molar-refractivity contribution < 1.29 is 19.5 Å². The van der Waals surface area contributed by atoms with Gasteiger partial charge in [0.2, 0.25) is 11.8 Å². The van der Waals surface area contributed by atoms with Crippen LogP contribution in [0.2, 0.25) is 0 Å². The molecule has 3 aliphatic rings. The van der Waals surface area contributed by atoms with Crippen LogP contribution in [0.5, 0.6) is 0 Å². The quantitative estimate of drug-likeness (QED) is 0.584. The molecule has 0 spiro atoms. The highest BCUT2D eigenvalue weighted by Gasteiger charge is 2.54. The molecule has 36 heavy (non-hydrogen) atoms. The number of pyridine rings is 1. The molecule has 10 nitrogen and oxygen atoms in total. The van der Waals surface area contributed by atoms with Crippen LogP contribution >= 0.6 is 0 Å². The number of piperidine rings is 2. The number of aromatic nitrogens is 3. The first kappa shape index (κ1) is 24.6. The van der Waals surface area contributed by atoms with E-state index in [1.807, 2.05) is 17.8 Å². The van der Waals surface area contributed by atoms with Crippen LogP contribution in [0.25, 0.3) is 0 Å². The lowest BCUT2D eigenvalue weighted by Gasteiger charge is -2.53. The Morgan fingerprint density at radius 2 is 1.94 bits per heavy atom. The Morgan fingerprint density at radius 3 is 2.61 bits per heavy atom. The molecule has 2 aromatic heterocycles. The van der Waals surface area contributed by atoms with Crippen molar-refractivity contribution in [3.63, 3.8) is 0 Å². The molecule has 2 atom stereocenters. The normalized spacial score (nSPS) is 26.3. The zero-order valence-electron chi connectivity index (χ0n) is 21.2. The maximum Gasteiger partial charge on any atom is 0.256 e. The van der Waals surface area contributed by atoms with Crippen molar-refractivity contribution in [3.05, 3.63) is 47.0 Å². The minimum absolute atomic E-state index is 0.197. The van der Waals surface area contributed by atoms with E-state index in [2.05, 4.69) is 29.2 Å². The Labute approximate surface area is 210 Å². The minimum atomic E-state index is -1.14. The molecule has 2 unspecified atom stereocenters. The van der Waals surface area contributed by atoms with Crippen LogP contribution in [0.4, 0.5) is 0 Å². The van der Waals surface area contributed by atoms with E-state index in [0.29, 0.717) is 36.3 Å². The molecule has 2 N–H and O–H groups in total. The molecule has 0 bridgehead atoms. The maximum absolute atomic E-state index is 13.1. The first-order valence-electron chi connectivity index (χ1n) is 12.8. The van der Waals surface area contributed by atoms with Gasteiger partial charge in [0.05, 0.1) is 29.2 Å². The van der Waals surface area contributed by atoms with E-state index in [0.717, 1.165) is 31.6 Å². The van der Waals surface area contributed by atoms with Crippen molar-refractivity contribution in [2.24, 2.45) is 12.5 Å². The summed E-state index contributed by atoms with van der Waals surface area (Å²) in [4.78, 5) is 45.8. The van der Waals surface area contributed by atoms with Gasteiger partial charge in [-0.1, -0.05) is 13.8 Å². The molecule has 0 aliphatic carbocycles. The average molecular weight is 495 g/mol. The zero-order chi connectivity index (χ0) is 25.7. The molecule has 10 heteroatoms. The lowest BCUT2D eigenvalue weighted by atomic mass is 9.62. The van der Waals surface area contributed by atoms with E-state index in [-0.39, 0.29) is 24.8 Å². The minimum Gasteiger partial charge on any atom is -0.383 e. The Hall–Kier alpha value is -3.11. The fourth-order valence-electron chi connectivity index (χ4n) is 6.27. The number of rotatable bonds is 6. The van der Waals surface area contributed by atoms with Crippen LogP contribution in [0, 0.1) is 5.41 Å². The second-order valence-corrected chi connectivity index (χ2v) is 10.3.